The Morgan fingerprint density at radius 3 is 2.43 bits per heavy atom. The Labute approximate surface area is 188 Å². The van der Waals surface area contributed by atoms with Crippen molar-refractivity contribution in [3.05, 3.63) is 22.8 Å². The van der Waals surface area contributed by atoms with Crippen molar-refractivity contribution in [3.63, 3.8) is 0 Å². The zero-order valence-corrected chi connectivity index (χ0v) is 19.6. The van der Waals surface area contributed by atoms with Crippen molar-refractivity contribution in [3.8, 4) is 0 Å². The lowest BCUT2D eigenvalue weighted by molar-refractivity contribution is -0.185. The molecular formula is C24H30Cl2O4. The van der Waals surface area contributed by atoms with Crippen LogP contribution in [0.3, 0.4) is 0 Å². The molecule has 7 atom stereocenters. The van der Waals surface area contributed by atoms with Gasteiger partial charge in [0.05, 0.1) is 0 Å². The summed E-state index contributed by atoms with van der Waals surface area (Å²) in [7, 11) is 0. The highest BCUT2D eigenvalue weighted by Gasteiger charge is 2.68. The smallest absolute Gasteiger partial charge is 0.303 e. The van der Waals surface area contributed by atoms with Crippen LogP contribution in [0.25, 0.3) is 0 Å². The first-order valence-corrected chi connectivity index (χ1v) is 11.8. The minimum Gasteiger partial charge on any atom is -0.451 e. The summed E-state index contributed by atoms with van der Waals surface area (Å²) in [6, 6.07) is 0. The first kappa shape index (κ1) is 22.1. The van der Waals surface area contributed by atoms with Crippen LogP contribution in [-0.2, 0) is 19.1 Å². The van der Waals surface area contributed by atoms with Crippen molar-refractivity contribution >= 4 is 40.7 Å². The Morgan fingerprint density at radius 1 is 1.17 bits per heavy atom. The lowest BCUT2D eigenvalue weighted by atomic mass is 9.46. The highest BCUT2D eigenvalue weighted by molar-refractivity contribution is 6.32. The molecule has 0 aliphatic heterocycles. The van der Waals surface area contributed by atoms with Gasteiger partial charge in [0.2, 0.25) is 0 Å². The van der Waals surface area contributed by atoms with Crippen LogP contribution in [0.1, 0.15) is 59.8 Å². The third-order valence-electron chi connectivity index (χ3n) is 9.07. The van der Waals surface area contributed by atoms with Crippen molar-refractivity contribution in [1.82, 2.24) is 0 Å². The topological polar surface area (TPSA) is 60.4 Å². The molecule has 0 aromatic rings. The molecule has 4 aliphatic carbocycles. The van der Waals surface area contributed by atoms with Crippen molar-refractivity contribution in [2.45, 2.75) is 65.4 Å². The van der Waals surface area contributed by atoms with Gasteiger partial charge in [-0.05, 0) is 67.9 Å². The second-order valence-electron chi connectivity index (χ2n) is 10.1. The fourth-order valence-electron chi connectivity index (χ4n) is 7.54. The lowest BCUT2D eigenvalue weighted by Crippen LogP contribution is -2.59. The van der Waals surface area contributed by atoms with Gasteiger partial charge >= 0.3 is 5.97 Å². The number of ether oxygens (including phenoxy) is 1. The first-order chi connectivity index (χ1) is 14.0. The van der Waals surface area contributed by atoms with Crippen molar-refractivity contribution in [1.29, 1.82) is 0 Å². The number of halogens is 2. The third-order valence-corrected chi connectivity index (χ3v) is 9.77. The predicted molar refractivity (Wildman–Crippen MR) is 116 cm³/mol. The predicted octanol–water partition coefficient (Wildman–Crippen LogP) is 5.22. The second-order valence-corrected chi connectivity index (χ2v) is 10.9. The average Bonchev–Trinajstić information content (AvgIpc) is 2.96. The van der Waals surface area contributed by atoms with E-state index in [4.69, 9.17) is 27.9 Å². The van der Waals surface area contributed by atoms with E-state index in [-0.39, 0.29) is 34.7 Å². The first-order valence-electron chi connectivity index (χ1n) is 10.9. The van der Waals surface area contributed by atoms with Gasteiger partial charge in [0.1, 0.15) is 0 Å². The van der Waals surface area contributed by atoms with Crippen LogP contribution in [-0.4, -0.2) is 29.0 Å². The quantitative estimate of drug-likeness (QED) is 0.435. The number of hydrogen-bond acceptors (Lipinski definition) is 4. The largest absolute Gasteiger partial charge is 0.451 e. The van der Waals surface area contributed by atoms with Crippen LogP contribution in [0, 0.1) is 34.5 Å². The van der Waals surface area contributed by atoms with Gasteiger partial charge in [-0.15, -0.1) is 11.6 Å². The molecule has 6 heteroatoms. The Balaban J connectivity index is 1.82. The van der Waals surface area contributed by atoms with Crippen molar-refractivity contribution in [2.75, 3.05) is 5.88 Å². The molecule has 4 aliphatic rings. The number of carbonyl (C=O) groups excluding carboxylic acids is 3. The maximum absolute atomic E-state index is 12.8. The molecule has 2 fully saturated rings. The molecule has 0 amide bonds. The zero-order valence-electron chi connectivity index (χ0n) is 18.1. The van der Waals surface area contributed by atoms with Crippen molar-refractivity contribution < 1.29 is 19.1 Å². The van der Waals surface area contributed by atoms with E-state index in [2.05, 4.69) is 19.9 Å². The molecule has 4 nitrogen and oxygen atoms in total. The van der Waals surface area contributed by atoms with Gasteiger partial charge in [-0.2, -0.15) is 0 Å². The molecule has 0 aromatic carbocycles. The Morgan fingerprint density at radius 2 is 1.83 bits per heavy atom. The number of fused-ring (bicyclic) bond motifs is 5. The summed E-state index contributed by atoms with van der Waals surface area (Å²) in [5, 5.41) is 0.638. The third kappa shape index (κ3) is 2.75. The number of esters is 1. The van der Waals surface area contributed by atoms with Crippen LogP contribution in [0.5, 0.6) is 0 Å². The normalized spacial score (nSPS) is 44.9. The van der Waals surface area contributed by atoms with Crippen LogP contribution in [0.15, 0.2) is 22.8 Å². The van der Waals surface area contributed by atoms with Crippen LogP contribution < -0.4 is 0 Å². The van der Waals surface area contributed by atoms with E-state index in [1.54, 1.807) is 13.0 Å². The highest BCUT2D eigenvalue weighted by atomic mass is 35.5. The van der Waals surface area contributed by atoms with Crippen LogP contribution >= 0.6 is 23.2 Å². The summed E-state index contributed by atoms with van der Waals surface area (Å²) in [4.78, 5) is 37.1. The van der Waals surface area contributed by atoms with E-state index in [0.29, 0.717) is 29.7 Å². The molecule has 0 N–H and O–H groups in total. The number of allylic oxidation sites excluding steroid dienone is 4. The van der Waals surface area contributed by atoms with Gasteiger partial charge in [0.25, 0.3) is 0 Å². The summed E-state index contributed by atoms with van der Waals surface area (Å²) in [6.07, 6.45) is 7.31. The van der Waals surface area contributed by atoms with Gasteiger partial charge in [0, 0.05) is 35.1 Å². The van der Waals surface area contributed by atoms with Crippen LogP contribution in [0.2, 0.25) is 0 Å². The summed E-state index contributed by atoms with van der Waals surface area (Å²) < 4.78 is 5.81. The van der Waals surface area contributed by atoms with Gasteiger partial charge in [-0.1, -0.05) is 31.5 Å². The fourth-order valence-corrected chi connectivity index (χ4v) is 8.38. The molecule has 0 heterocycles. The van der Waals surface area contributed by atoms with Gasteiger partial charge in [-0.25, -0.2) is 0 Å². The van der Waals surface area contributed by atoms with Gasteiger partial charge in [0.15, 0.2) is 17.2 Å². The maximum Gasteiger partial charge on any atom is 0.303 e. The summed E-state index contributed by atoms with van der Waals surface area (Å²) in [5.74, 6) is 0.705. The fraction of sp³-hybridized carbons (Fsp3) is 0.708. The van der Waals surface area contributed by atoms with Crippen molar-refractivity contribution in [2.24, 2.45) is 34.5 Å². The minimum atomic E-state index is -1.07. The number of hydrogen-bond donors (Lipinski definition) is 0. The zero-order chi connectivity index (χ0) is 22.1. The summed E-state index contributed by atoms with van der Waals surface area (Å²) in [6.45, 7) is 7.26. The highest BCUT2D eigenvalue weighted by Crippen LogP contribution is 2.68. The lowest BCUT2D eigenvalue weighted by Gasteiger charge is -2.59. The summed E-state index contributed by atoms with van der Waals surface area (Å²) >= 11 is 13.2. The minimum absolute atomic E-state index is 0.0402. The Hall–Kier alpha value is -1.13. The molecule has 0 saturated heterocycles. The van der Waals surface area contributed by atoms with E-state index in [1.807, 2.05) is 0 Å². The molecule has 0 radical (unpaired) electrons. The van der Waals surface area contributed by atoms with E-state index < -0.39 is 17.0 Å². The number of rotatable bonds is 3. The second kappa shape index (κ2) is 7.20. The molecule has 30 heavy (non-hydrogen) atoms. The van der Waals surface area contributed by atoms with E-state index >= 15 is 0 Å². The SMILES string of the molecule is CC(=O)O[C@]1(C(C)=O)CC[C@H]2[C@@H]3C=C(Cl)C4=CC(=O)CC(CCl)[C@]4(C)[C@H]3CC[C@@]21C. The number of carbonyl (C=O) groups is 3. The van der Waals surface area contributed by atoms with Crippen LogP contribution in [0.4, 0.5) is 0 Å². The molecule has 164 valence electrons. The molecule has 0 spiro atoms. The van der Waals surface area contributed by atoms with Gasteiger partial charge < -0.3 is 4.74 Å². The maximum atomic E-state index is 12.8. The molecule has 0 aromatic heterocycles. The Bertz CT molecular complexity index is 876. The monoisotopic (exact) mass is 452 g/mol. The molecule has 4 rings (SSSR count). The number of Topliss-reactive ketones (excluding diaryl/α,β-unsaturated/α-hetero) is 1. The molecular weight excluding hydrogens is 423 g/mol. The molecule has 1 unspecified atom stereocenters. The van der Waals surface area contributed by atoms with Gasteiger partial charge in [-0.3, -0.25) is 14.4 Å². The average molecular weight is 453 g/mol. The number of ketones is 2. The summed E-state index contributed by atoms with van der Waals surface area (Å²) in [5.41, 5.74) is -0.846. The van der Waals surface area contributed by atoms with E-state index in [0.717, 1.165) is 24.8 Å². The molecule has 0 bridgehead atoms. The van der Waals surface area contributed by atoms with E-state index in [1.165, 1.54) is 6.92 Å². The van der Waals surface area contributed by atoms with E-state index in [9.17, 15) is 14.4 Å². The molecule has 2 saturated carbocycles. The number of alkyl halides is 1. The Kier molecular flexibility index (Phi) is 5.30. The standard InChI is InChI=1S/C24H30Cl2O4/c1-13(27)24(30-14(2)28)8-6-18-17-11-21(26)20-10-16(29)9-15(12-25)23(20,4)19(17)5-7-22(18,24)3/h10-11,15,17-19H,5-9,12H2,1-4H3/t15?,17-,18-,19-,22-,23+,24-/m0/s1.